The van der Waals surface area contributed by atoms with Crippen LogP contribution in [0.3, 0.4) is 0 Å². The molecular weight excluding hydrogens is 971 g/mol. The van der Waals surface area contributed by atoms with E-state index in [9.17, 15) is 10.5 Å². The van der Waals surface area contributed by atoms with Gasteiger partial charge in [-0.1, -0.05) is 172 Å². The SMILES string of the molecule is CCC(C)COc1ccc(-c2c3/c(=C(\C#N)c4nc5ccccc5s4)n(B(c4ccccc4)c4ccccc4)c(-c4ccc(OCC(C)CC)cc4)c3/c(=C(\C#N)c3nc4ccccc4s3)n2[B]c2ccccc2)cc1. The van der Waals surface area contributed by atoms with Crippen molar-refractivity contribution in [2.24, 2.45) is 11.8 Å². The second-order valence-electron chi connectivity index (χ2n) is 19.3. The minimum atomic E-state index is -0.490. The zero-order valence-corrected chi connectivity index (χ0v) is 44.5. The molecule has 12 heteroatoms. The Bertz CT molecular complexity index is 3960. The number of aromatic nitrogens is 4. The second kappa shape index (κ2) is 22.2. The van der Waals surface area contributed by atoms with Gasteiger partial charge in [0.25, 0.3) is 7.41 Å². The van der Waals surface area contributed by atoms with Gasteiger partial charge in [-0.25, -0.2) is 9.97 Å². The first-order valence-corrected chi connectivity index (χ1v) is 27.5. The number of hydrogen-bond acceptors (Lipinski definition) is 8. The zero-order chi connectivity index (χ0) is 52.1. The highest BCUT2D eigenvalue weighted by Crippen LogP contribution is 2.38. The van der Waals surface area contributed by atoms with Crippen LogP contribution in [0.25, 0.3) is 64.9 Å². The number of rotatable bonds is 17. The first-order valence-electron chi connectivity index (χ1n) is 25.9. The molecule has 0 aliphatic carbocycles. The van der Waals surface area contributed by atoms with Gasteiger partial charge in [0, 0.05) is 22.2 Å². The van der Waals surface area contributed by atoms with Crippen LogP contribution in [-0.4, -0.2) is 46.4 Å². The third kappa shape index (κ3) is 9.74. The molecule has 0 N–H and O–H groups in total. The van der Waals surface area contributed by atoms with E-state index in [0.717, 1.165) is 94.4 Å². The third-order valence-corrected chi connectivity index (χ3v) is 16.3. The van der Waals surface area contributed by atoms with E-state index in [0.29, 0.717) is 56.9 Å². The Kier molecular flexibility index (Phi) is 14.5. The van der Waals surface area contributed by atoms with Gasteiger partial charge < -0.3 is 18.4 Å². The number of para-hydroxylation sites is 2. The molecule has 0 aliphatic rings. The summed E-state index contributed by atoms with van der Waals surface area (Å²) in [5.41, 5.74) is 8.66. The van der Waals surface area contributed by atoms with Gasteiger partial charge in [-0.2, -0.15) is 10.5 Å². The quantitative estimate of drug-likeness (QED) is 0.0842. The van der Waals surface area contributed by atoms with Crippen molar-refractivity contribution >= 4 is 95.7 Å². The fraction of sp³-hybridized carbons (Fsp3) is 0.156. The molecular formula is C64H53B2N6O2S2. The van der Waals surface area contributed by atoms with E-state index in [1.54, 1.807) is 0 Å². The largest absolute Gasteiger partial charge is 0.493 e. The lowest BCUT2D eigenvalue weighted by Gasteiger charge is -2.22. The summed E-state index contributed by atoms with van der Waals surface area (Å²) in [4.78, 5) is 10.5. The summed E-state index contributed by atoms with van der Waals surface area (Å²) in [6.07, 6.45) is 2.00. The Labute approximate surface area is 452 Å². The van der Waals surface area contributed by atoms with E-state index in [4.69, 9.17) is 19.4 Å². The molecule has 11 aromatic rings. The van der Waals surface area contributed by atoms with Crippen molar-refractivity contribution in [1.82, 2.24) is 18.9 Å². The van der Waals surface area contributed by atoms with Crippen molar-refractivity contribution < 1.29 is 9.47 Å². The Hall–Kier alpha value is -8.41. The fourth-order valence-corrected chi connectivity index (χ4v) is 11.7. The number of hydrogen-bond donors (Lipinski definition) is 0. The van der Waals surface area contributed by atoms with Crippen LogP contribution in [-0.2, 0) is 0 Å². The van der Waals surface area contributed by atoms with Crippen molar-refractivity contribution in [1.29, 1.82) is 10.5 Å². The standard InChI is InChI=1S/C64H53B2N6O2S2/c1-5-42(3)40-73-49-34-30-44(31-35-49)59-57-58(61(71(59)65-46-20-10-7-11-21-46)51(38-67)63-69-53-26-16-18-28-55(53)75-63)60(45-32-36-50(37-33-45)74-41-43(4)6-2)72(66(47-22-12-8-13-23-47)48-24-14-9-15-25-48)62(57)52(39-68)64-70-54-27-17-19-29-56(54)76-64/h7-37,42-43H,5-6,40-41H2,1-4H3/b61-51-,62-52-. The predicted octanol–water partition coefficient (Wildman–Crippen LogP) is 11.7. The van der Waals surface area contributed by atoms with Gasteiger partial charge in [0.05, 0.1) is 44.3 Å². The number of nitriles is 2. The normalized spacial score (nSPS) is 13.0. The molecule has 0 aliphatic heterocycles. The highest BCUT2D eigenvalue weighted by molar-refractivity contribution is 7.20. The average Bonchev–Trinajstić information content (AvgIpc) is 4.44. The Morgan fingerprint density at radius 1 is 0.539 bits per heavy atom. The number of fused-ring (bicyclic) bond motifs is 3. The molecule has 2 unspecified atom stereocenters. The monoisotopic (exact) mass is 1020 g/mol. The average molecular weight is 1020 g/mol. The Morgan fingerprint density at radius 3 is 1.42 bits per heavy atom. The van der Waals surface area contributed by atoms with E-state index in [1.165, 1.54) is 22.7 Å². The molecule has 0 amide bonds. The first kappa shape index (κ1) is 49.8. The summed E-state index contributed by atoms with van der Waals surface area (Å²) in [5.74, 6) is 2.27. The smallest absolute Gasteiger partial charge is 0.328 e. The summed E-state index contributed by atoms with van der Waals surface area (Å²) < 4.78 is 19.3. The van der Waals surface area contributed by atoms with Gasteiger partial charge in [0.1, 0.15) is 44.8 Å². The molecule has 11 rings (SSSR count). The predicted molar refractivity (Wildman–Crippen MR) is 316 cm³/mol. The lowest BCUT2D eigenvalue weighted by Crippen LogP contribution is -2.53. The molecule has 0 saturated carbocycles. The van der Waals surface area contributed by atoms with E-state index in [2.05, 4.69) is 147 Å². The molecule has 7 aromatic carbocycles. The molecule has 2 atom stereocenters. The first-order chi connectivity index (χ1) is 37.3. The van der Waals surface area contributed by atoms with Crippen molar-refractivity contribution in [3.63, 3.8) is 0 Å². The molecule has 76 heavy (non-hydrogen) atoms. The lowest BCUT2D eigenvalue weighted by molar-refractivity contribution is 0.256. The van der Waals surface area contributed by atoms with Gasteiger partial charge in [-0.3, -0.25) is 0 Å². The highest BCUT2D eigenvalue weighted by atomic mass is 32.1. The fourth-order valence-electron chi connectivity index (χ4n) is 9.79. The van der Waals surface area contributed by atoms with Crippen molar-refractivity contribution in [3.05, 3.63) is 209 Å². The van der Waals surface area contributed by atoms with Gasteiger partial charge in [-0.15, -0.1) is 22.7 Å². The van der Waals surface area contributed by atoms with Crippen LogP contribution >= 0.6 is 22.7 Å². The number of benzene rings is 7. The highest BCUT2D eigenvalue weighted by Gasteiger charge is 2.35. The maximum Gasteiger partial charge on any atom is 0.328 e. The molecule has 0 saturated heterocycles. The molecule has 8 nitrogen and oxygen atoms in total. The van der Waals surface area contributed by atoms with Gasteiger partial charge in [-0.05, 0) is 95.8 Å². The minimum Gasteiger partial charge on any atom is -0.493 e. The van der Waals surface area contributed by atoms with Crippen LogP contribution in [0, 0.1) is 34.5 Å². The maximum absolute atomic E-state index is 12.1. The van der Waals surface area contributed by atoms with Gasteiger partial charge in [0.15, 0.2) is 0 Å². The van der Waals surface area contributed by atoms with Crippen LogP contribution in [0.5, 0.6) is 11.5 Å². The molecule has 4 aromatic heterocycles. The molecule has 0 bridgehead atoms. The van der Waals surface area contributed by atoms with E-state index < -0.39 is 6.85 Å². The molecule has 4 heterocycles. The molecule has 1 radical (unpaired) electrons. The summed E-state index contributed by atoms with van der Waals surface area (Å²) in [6, 6.07) is 69.3. The van der Waals surface area contributed by atoms with Crippen molar-refractivity contribution in [3.8, 4) is 46.2 Å². The second-order valence-corrected chi connectivity index (χ2v) is 21.4. The van der Waals surface area contributed by atoms with E-state index in [-0.39, 0.29) is 0 Å². The summed E-state index contributed by atoms with van der Waals surface area (Å²) >= 11 is 3.00. The summed E-state index contributed by atoms with van der Waals surface area (Å²) in [5, 5.41) is 28.1. The molecule has 0 spiro atoms. The number of ether oxygens (including phenoxy) is 2. The third-order valence-electron chi connectivity index (χ3n) is 14.2. The van der Waals surface area contributed by atoms with Gasteiger partial charge >= 0.3 is 6.85 Å². The van der Waals surface area contributed by atoms with Crippen LogP contribution in [0.1, 0.15) is 50.6 Å². The van der Waals surface area contributed by atoms with E-state index >= 15 is 0 Å². The summed E-state index contributed by atoms with van der Waals surface area (Å²) in [7, 11) is 2.11. The minimum absolute atomic E-state index is 0.378. The van der Waals surface area contributed by atoms with Crippen molar-refractivity contribution in [2.45, 2.75) is 40.5 Å². The van der Waals surface area contributed by atoms with Crippen LogP contribution < -0.4 is 36.6 Å². The van der Waals surface area contributed by atoms with Gasteiger partial charge in [0.2, 0.25) is 0 Å². The van der Waals surface area contributed by atoms with Crippen LogP contribution in [0.4, 0.5) is 0 Å². The number of thiazole rings is 2. The topological polar surface area (TPSA) is 102 Å². The summed E-state index contributed by atoms with van der Waals surface area (Å²) in [6.45, 7) is 9.42. The molecule has 369 valence electrons. The van der Waals surface area contributed by atoms with Crippen LogP contribution in [0.15, 0.2) is 188 Å². The molecule has 0 fully saturated rings. The Balaban J connectivity index is 1.41. The van der Waals surface area contributed by atoms with E-state index in [1.807, 2.05) is 97.1 Å². The maximum atomic E-state index is 12.1. The zero-order valence-electron chi connectivity index (χ0n) is 42.9. The van der Waals surface area contributed by atoms with Crippen LogP contribution in [0.2, 0.25) is 0 Å². The van der Waals surface area contributed by atoms with Crippen molar-refractivity contribution in [2.75, 3.05) is 13.2 Å². The number of nitrogens with zero attached hydrogens (tertiary/aromatic N) is 6. The Morgan fingerprint density at radius 2 is 0.961 bits per heavy atom. The lowest BCUT2D eigenvalue weighted by atomic mass is 9.50.